The summed E-state index contributed by atoms with van der Waals surface area (Å²) in [5.74, 6) is 0.124. The molecule has 1 aliphatic rings. The van der Waals surface area contributed by atoms with E-state index in [2.05, 4.69) is 15.6 Å². The van der Waals surface area contributed by atoms with E-state index in [1.54, 1.807) is 36.0 Å². The van der Waals surface area contributed by atoms with Gasteiger partial charge in [0.2, 0.25) is 0 Å². The Hall–Kier alpha value is -2.83. The van der Waals surface area contributed by atoms with Crippen molar-refractivity contribution < 1.29 is 14.3 Å². The van der Waals surface area contributed by atoms with Gasteiger partial charge >= 0.3 is 0 Å². The van der Waals surface area contributed by atoms with Gasteiger partial charge in [0.05, 0.1) is 18.2 Å². The molecule has 0 radical (unpaired) electrons. The number of rotatable bonds is 3. The van der Waals surface area contributed by atoms with E-state index in [1.165, 1.54) is 6.20 Å². The van der Waals surface area contributed by atoms with Gasteiger partial charge in [-0.2, -0.15) is 0 Å². The normalized spacial score (nSPS) is 16.5. The van der Waals surface area contributed by atoms with Crippen LogP contribution >= 0.6 is 0 Å². The Bertz CT molecular complexity index is 738. The zero-order valence-electron chi connectivity index (χ0n) is 12.3. The second-order valence-electron chi connectivity index (χ2n) is 4.98. The smallest absolute Gasteiger partial charge is 0.273 e. The van der Waals surface area contributed by atoms with Crippen LogP contribution in [0.1, 0.15) is 24.3 Å². The number of imidazole rings is 1. The highest BCUT2D eigenvalue weighted by Crippen LogP contribution is 2.32. The van der Waals surface area contributed by atoms with E-state index >= 15 is 0 Å². The lowest BCUT2D eigenvalue weighted by atomic mass is 10.2. The van der Waals surface area contributed by atoms with Crippen molar-refractivity contribution in [1.29, 1.82) is 0 Å². The number of nitrogens with zero attached hydrogens (tertiary/aromatic N) is 2. The van der Waals surface area contributed by atoms with Gasteiger partial charge < -0.3 is 19.9 Å². The van der Waals surface area contributed by atoms with E-state index in [0.717, 1.165) is 0 Å². The summed E-state index contributed by atoms with van der Waals surface area (Å²) in [5.41, 5.74) is 1.60. The molecular weight excluding hydrogens is 284 g/mol. The van der Waals surface area contributed by atoms with Gasteiger partial charge in [0.1, 0.15) is 11.4 Å². The standard InChI is InChI=1S/C15H16N4O3/c1-3-19-8-16-7-12(19)15(21)17-10-4-5-13-11(6-10)18-14(20)9(2)22-13/h4-9H,3H2,1-2H3,(H,17,21)(H,18,20)/t9-/m0/s1. The van der Waals surface area contributed by atoms with Crippen LogP contribution in [0.5, 0.6) is 5.75 Å². The molecule has 2 N–H and O–H groups in total. The molecule has 0 bridgehead atoms. The van der Waals surface area contributed by atoms with Crippen molar-refractivity contribution in [2.24, 2.45) is 0 Å². The van der Waals surface area contributed by atoms with Gasteiger partial charge in [0, 0.05) is 12.2 Å². The van der Waals surface area contributed by atoms with Crippen LogP contribution in [-0.2, 0) is 11.3 Å². The van der Waals surface area contributed by atoms with Gasteiger partial charge in [0.15, 0.2) is 6.10 Å². The molecule has 0 aliphatic carbocycles. The number of nitrogens with one attached hydrogen (secondary N) is 2. The fraction of sp³-hybridized carbons (Fsp3) is 0.267. The number of carbonyl (C=O) groups is 2. The fourth-order valence-corrected chi connectivity index (χ4v) is 2.24. The predicted octanol–water partition coefficient (Wildman–Crippen LogP) is 1.87. The number of amides is 2. The van der Waals surface area contributed by atoms with Crippen LogP contribution in [0.4, 0.5) is 11.4 Å². The van der Waals surface area contributed by atoms with E-state index in [1.807, 2.05) is 6.92 Å². The Morgan fingerprint density at radius 2 is 2.32 bits per heavy atom. The Labute approximate surface area is 127 Å². The number of carbonyl (C=O) groups excluding carboxylic acids is 2. The summed E-state index contributed by atoms with van der Waals surface area (Å²) in [7, 11) is 0. The van der Waals surface area contributed by atoms with Gasteiger partial charge in [-0.25, -0.2) is 4.98 Å². The first-order chi connectivity index (χ1) is 10.6. The van der Waals surface area contributed by atoms with Crippen LogP contribution in [0, 0.1) is 0 Å². The fourth-order valence-electron chi connectivity index (χ4n) is 2.24. The number of hydrogen-bond donors (Lipinski definition) is 2. The summed E-state index contributed by atoms with van der Waals surface area (Å²) >= 11 is 0. The minimum absolute atomic E-state index is 0.208. The van der Waals surface area contributed by atoms with E-state index in [4.69, 9.17) is 4.74 Å². The Morgan fingerprint density at radius 3 is 3.09 bits per heavy atom. The van der Waals surface area contributed by atoms with Gasteiger partial charge in [-0.05, 0) is 32.0 Å². The van der Waals surface area contributed by atoms with Crippen LogP contribution in [0.2, 0.25) is 0 Å². The highest BCUT2D eigenvalue weighted by atomic mass is 16.5. The summed E-state index contributed by atoms with van der Waals surface area (Å²) < 4.78 is 7.22. The molecule has 0 unspecified atom stereocenters. The molecule has 1 aromatic carbocycles. The number of benzene rings is 1. The molecule has 22 heavy (non-hydrogen) atoms. The number of ether oxygens (including phenoxy) is 1. The maximum Gasteiger partial charge on any atom is 0.273 e. The zero-order chi connectivity index (χ0) is 15.7. The van der Waals surface area contributed by atoms with Gasteiger partial charge in [-0.1, -0.05) is 0 Å². The third-order valence-corrected chi connectivity index (χ3v) is 3.45. The first-order valence-corrected chi connectivity index (χ1v) is 7.01. The van der Waals surface area contributed by atoms with Gasteiger partial charge in [0.25, 0.3) is 11.8 Å². The maximum absolute atomic E-state index is 12.2. The summed E-state index contributed by atoms with van der Waals surface area (Å²) in [6, 6.07) is 5.12. The molecule has 7 nitrogen and oxygen atoms in total. The second-order valence-corrected chi connectivity index (χ2v) is 4.98. The lowest BCUT2D eigenvalue weighted by Crippen LogP contribution is -2.34. The molecule has 0 saturated carbocycles. The van der Waals surface area contributed by atoms with E-state index in [-0.39, 0.29) is 11.8 Å². The second kappa shape index (κ2) is 5.51. The molecule has 1 atom stereocenters. The van der Waals surface area contributed by atoms with Crippen LogP contribution < -0.4 is 15.4 Å². The summed E-state index contributed by atoms with van der Waals surface area (Å²) in [6.07, 6.45) is 2.60. The molecule has 1 aliphatic heterocycles. The van der Waals surface area contributed by atoms with Crippen molar-refractivity contribution in [3.8, 4) is 5.75 Å². The quantitative estimate of drug-likeness (QED) is 0.906. The molecule has 0 fully saturated rings. The molecule has 2 aromatic rings. The summed E-state index contributed by atoms with van der Waals surface area (Å²) in [4.78, 5) is 27.8. The molecular formula is C15H16N4O3. The Kier molecular flexibility index (Phi) is 3.54. The number of aromatic nitrogens is 2. The topological polar surface area (TPSA) is 85.3 Å². The van der Waals surface area contributed by atoms with E-state index in [0.29, 0.717) is 29.4 Å². The van der Waals surface area contributed by atoms with Crippen molar-refractivity contribution in [3.05, 3.63) is 36.4 Å². The third kappa shape index (κ3) is 2.52. The lowest BCUT2D eigenvalue weighted by molar-refractivity contribution is -0.122. The highest BCUT2D eigenvalue weighted by Gasteiger charge is 2.23. The molecule has 1 aromatic heterocycles. The number of hydrogen-bond acceptors (Lipinski definition) is 4. The number of fused-ring (bicyclic) bond motifs is 1. The lowest BCUT2D eigenvalue weighted by Gasteiger charge is -2.23. The predicted molar refractivity (Wildman–Crippen MR) is 81.0 cm³/mol. The van der Waals surface area contributed by atoms with Crippen LogP contribution in [0.15, 0.2) is 30.7 Å². The number of anilines is 2. The zero-order valence-corrected chi connectivity index (χ0v) is 12.3. The summed E-state index contributed by atoms with van der Waals surface area (Å²) in [5, 5.41) is 5.54. The molecule has 3 rings (SSSR count). The molecule has 2 heterocycles. The van der Waals surface area contributed by atoms with Crippen LogP contribution in [0.3, 0.4) is 0 Å². The summed E-state index contributed by atoms with van der Waals surface area (Å²) in [6.45, 7) is 4.28. The molecule has 2 amide bonds. The maximum atomic E-state index is 12.2. The third-order valence-electron chi connectivity index (χ3n) is 3.45. The molecule has 7 heteroatoms. The van der Waals surface area contributed by atoms with Gasteiger partial charge in [-0.3, -0.25) is 9.59 Å². The van der Waals surface area contributed by atoms with Gasteiger partial charge in [-0.15, -0.1) is 0 Å². The average molecular weight is 300 g/mol. The van der Waals surface area contributed by atoms with Crippen molar-refractivity contribution in [2.75, 3.05) is 10.6 Å². The van der Waals surface area contributed by atoms with Crippen molar-refractivity contribution in [1.82, 2.24) is 9.55 Å². The van der Waals surface area contributed by atoms with E-state index < -0.39 is 6.10 Å². The SMILES string of the molecule is CCn1cncc1C(=O)Nc1ccc2c(c1)NC(=O)[C@H](C)O2. The minimum atomic E-state index is -0.521. The van der Waals surface area contributed by atoms with Crippen LogP contribution in [0.25, 0.3) is 0 Å². The Balaban J connectivity index is 1.81. The minimum Gasteiger partial charge on any atom is -0.479 e. The first-order valence-electron chi connectivity index (χ1n) is 7.01. The van der Waals surface area contributed by atoms with E-state index in [9.17, 15) is 9.59 Å². The monoisotopic (exact) mass is 300 g/mol. The van der Waals surface area contributed by atoms with Crippen molar-refractivity contribution in [2.45, 2.75) is 26.5 Å². The molecule has 0 saturated heterocycles. The average Bonchev–Trinajstić information content (AvgIpc) is 2.97. The number of aryl methyl sites for hydroxylation is 1. The van der Waals surface area contributed by atoms with Crippen molar-refractivity contribution in [3.63, 3.8) is 0 Å². The molecule has 114 valence electrons. The largest absolute Gasteiger partial charge is 0.479 e. The first kappa shape index (κ1) is 14.1. The molecule has 0 spiro atoms. The van der Waals surface area contributed by atoms with Crippen LogP contribution in [-0.4, -0.2) is 27.5 Å². The Morgan fingerprint density at radius 1 is 1.50 bits per heavy atom. The van der Waals surface area contributed by atoms with Crippen molar-refractivity contribution >= 4 is 23.2 Å². The highest BCUT2D eigenvalue weighted by molar-refractivity contribution is 6.04.